The molecule has 0 saturated heterocycles. The fourth-order valence-electron chi connectivity index (χ4n) is 3.08. The Morgan fingerprint density at radius 1 is 0.857 bits per heavy atom. The average Bonchev–Trinajstić information content (AvgIpc) is 3.11. The number of nitrogens with zero attached hydrogens (tertiary/aromatic N) is 3. The van der Waals surface area contributed by atoms with Crippen molar-refractivity contribution in [2.24, 2.45) is 0 Å². The van der Waals surface area contributed by atoms with Gasteiger partial charge in [0.1, 0.15) is 0 Å². The third-order valence-electron chi connectivity index (χ3n) is 4.46. The van der Waals surface area contributed by atoms with Gasteiger partial charge in [0.2, 0.25) is 0 Å². The molecule has 0 unspecified atom stereocenters. The third kappa shape index (κ3) is 4.05. The molecule has 5 rings (SSSR count). The molecule has 0 aliphatic rings. The van der Waals surface area contributed by atoms with E-state index in [4.69, 9.17) is 0 Å². The topological polar surface area (TPSA) is 30.2 Å². The first-order valence-electron chi connectivity index (χ1n) is 8.86. The van der Waals surface area contributed by atoms with E-state index in [-0.39, 0.29) is 21.1 Å². The molecule has 0 atom stereocenters. The molecule has 0 amide bonds. The van der Waals surface area contributed by atoms with E-state index in [1.165, 1.54) is 10.9 Å². The zero-order valence-corrected chi connectivity index (χ0v) is 17.9. The van der Waals surface area contributed by atoms with Gasteiger partial charge in [0.25, 0.3) is 0 Å². The molecule has 3 aromatic heterocycles. The number of rotatable bonds is 1. The van der Waals surface area contributed by atoms with E-state index in [2.05, 4.69) is 52.6 Å². The number of fused-ring (bicyclic) bond motifs is 3. The Morgan fingerprint density at radius 2 is 1.68 bits per heavy atom. The van der Waals surface area contributed by atoms with Crippen LogP contribution in [0.25, 0.3) is 27.7 Å². The number of imidazole rings is 1. The van der Waals surface area contributed by atoms with Crippen LogP contribution in [-0.2, 0) is 21.1 Å². The summed E-state index contributed by atoms with van der Waals surface area (Å²) in [6.07, 6.45) is 5.82. The van der Waals surface area contributed by atoms with E-state index in [0.29, 0.717) is 0 Å². The van der Waals surface area contributed by atoms with Gasteiger partial charge in [-0.25, -0.2) is 0 Å². The van der Waals surface area contributed by atoms with Crippen molar-refractivity contribution in [3.05, 3.63) is 103 Å². The Hall–Kier alpha value is -2.77. The van der Waals surface area contributed by atoms with E-state index in [9.17, 15) is 0 Å². The first-order chi connectivity index (χ1) is 13.2. The van der Waals surface area contributed by atoms with Crippen LogP contribution in [0, 0.1) is 26.0 Å². The fourth-order valence-corrected chi connectivity index (χ4v) is 3.08. The largest absolute Gasteiger partial charge is 2.00 e. The second-order valence-corrected chi connectivity index (χ2v) is 6.36. The van der Waals surface area contributed by atoms with Gasteiger partial charge >= 0.3 is 21.1 Å². The molecule has 140 valence electrons. The fraction of sp³-hybridized carbons (Fsp3) is 0.0833. The second kappa shape index (κ2) is 8.95. The standard InChI is InChI=1S/C13H11N2.C11H8N.Pt/c1-9-8-15-10(2)7-14-13(15)12-6-4-3-5-11(9)12;1-2-6-10(7-3-1)11-8-4-5-9-12-11;/h3-5,7-8H,1-2H3;1-6,8-9H;/q2*-1;+2. The molecule has 0 N–H and O–H groups in total. The molecular formula is C24H19N3Pt. The second-order valence-electron chi connectivity index (χ2n) is 6.36. The van der Waals surface area contributed by atoms with E-state index in [0.717, 1.165) is 28.0 Å². The number of pyridine rings is 2. The first kappa shape index (κ1) is 20.0. The Balaban J connectivity index is 0.000000159. The van der Waals surface area contributed by atoms with Crippen LogP contribution in [0.2, 0.25) is 0 Å². The smallest absolute Gasteiger partial charge is 0.344 e. The summed E-state index contributed by atoms with van der Waals surface area (Å²) in [6, 6.07) is 26.2. The Morgan fingerprint density at radius 3 is 2.43 bits per heavy atom. The Labute approximate surface area is 179 Å². The molecule has 3 nitrogen and oxygen atoms in total. The van der Waals surface area contributed by atoms with Crippen molar-refractivity contribution in [2.45, 2.75) is 13.8 Å². The number of hydrogen-bond acceptors (Lipinski definition) is 2. The zero-order chi connectivity index (χ0) is 18.6. The van der Waals surface area contributed by atoms with Gasteiger partial charge in [-0.3, -0.25) is 4.98 Å². The summed E-state index contributed by atoms with van der Waals surface area (Å²) in [5, 5.41) is 2.33. The van der Waals surface area contributed by atoms with E-state index in [1.807, 2.05) is 60.8 Å². The Kier molecular flexibility index (Phi) is 6.38. The van der Waals surface area contributed by atoms with Crippen molar-refractivity contribution in [3.63, 3.8) is 0 Å². The van der Waals surface area contributed by atoms with Crippen LogP contribution in [0.3, 0.4) is 0 Å². The average molecular weight is 545 g/mol. The van der Waals surface area contributed by atoms with Gasteiger partial charge in [-0.05, 0) is 31.8 Å². The predicted molar refractivity (Wildman–Crippen MR) is 110 cm³/mol. The minimum Gasteiger partial charge on any atom is -0.344 e. The zero-order valence-electron chi connectivity index (χ0n) is 15.7. The quantitative estimate of drug-likeness (QED) is 0.263. The van der Waals surface area contributed by atoms with Gasteiger partial charge < -0.3 is 9.38 Å². The maximum atomic E-state index is 4.42. The number of benzene rings is 2. The molecule has 0 spiro atoms. The molecule has 0 aliphatic carbocycles. The first-order valence-corrected chi connectivity index (χ1v) is 8.86. The van der Waals surface area contributed by atoms with Crippen molar-refractivity contribution < 1.29 is 21.1 Å². The van der Waals surface area contributed by atoms with Crippen LogP contribution in [0.5, 0.6) is 0 Å². The van der Waals surface area contributed by atoms with Crippen LogP contribution in [0.4, 0.5) is 0 Å². The van der Waals surface area contributed by atoms with Crippen molar-refractivity contribution in [1.29, 1.82) is 0 Å². The van der Waals surface area contributed by atoms with Crippen LogP contribution in [0.1, 0.15) is 11.3 Å². The minimum atomic E-state index is 0. The third-order valence-corrected chi connectivity index (χ3v) is 4.46. The summed E-state index contributed by atoms with van der Waals surface area (Å²) >= 11 is 0. The monoisotopic (exact) mass is 544 g/mol. The SMILES string of the molecule is Cc1cn2c(C)cnc2c2[c-]cccc12.[Pt+2].[c-]1ccccc1-c1ccccn1. The van der Waals surface area contributed by atoms with Crippen molar-refractivity contribution in [3.8, 4) is 11.3 Å². The Bertz CT molecular complexity index is 1140. The molecule has 3 heterocycles. The maximum Gasteiger partial charge on any atom is 2.00 e. The normalized spacial score (nSPS) is 10.2. The minimum absolute atomic E-state index is 0. The van der Waals surface area contributed by atoms with E-state index >= 15 is 0 Å². The van der Waals surface area contributed by atoms with Gasteiger partial charge in [0, 0.05) is 18.1 Å². The number of hydrogen-bond donors (Lipinski definition) is 0. The molecule has 0 saturated carbocycles. The molecule has 0 radical (unpaired) electrons. The molecule has 5 aromatic rings. The van der Waals surface area contributed by atoms with Gasteiger partial charge in [-0.15, -0.1) is 70.9 Å². The van der Waals surface area contributed by atoms with Crippen molar-refractivity contribution >= 4 is 16.4 Å². The van der Waals surface area contributed by atoms with E-state index < -0.39 is 0 Å². The summed E-state index contributed by atoms with van der Waals surface area (Å²) in [6.45, 7) is 4.18. The van der Waals surface area contributed by atoms with Crippen LogP contribution in [-0.4, -0.2) is 14.4 Å². The van der Waals surface area contributed by atoms with Crippen LogP contribution < -0.4 is 0 Å². The maximum absolute atomic E-state index is 4.42. The summed E-state index contributed by atoms with van der Waals surface area (Å²) in [7, 11) is 0. The molecule has 0 bridgehead atoms. The predicted octanol–water partition coefficient (Wildman–Crippen LogP) is 5.45. The molecule has 0 fully saturated rings. The van der Waals surface area contributed by atoms with Crippen molar-refractivity contribution in [1.82, 2.24) is 14.4 Å². The molecular weight excluding hydrogens is 525 g/mol. The number of aryl methyl sites for hydroxylation is 2. The van der Waals surface area contributed by atoms with Gasteiger partial charge in [0.15, 0.2) is 0 Å². The number of aromatic nitrogens is 3. The molecule has 4 heteroatoms. The summed E-state index contributed by atoms with van der Waals surface area (Å²) < 4.78 is 2.12. The van der Waals surface area contributed by atoms with E-state index in [1.54, 1.807) is 6.20 Å². The molecule has 28 heavy (non-hydrogen) atoms. The van der Waals surface area contributed by atoms with Crippen LogP contribution >= 0.6 is 0 Å². The van der Waals surface area contributed by atoms with Crippen LogP contribution in [0.15, 0.2) is 79.3 Å². The molecule has 0 aliphatic heterocycles. The summed E-state index contributed by atoms with van der Waals surface area (Å²) in [4.78, 5) is 8.64. The van der Waals surface area contributed by atoms with Gasteiger partial charge in [-0.1, -0.05) is 17.7 Å². The summed E-state index contributed by atoms with van der Waals surface area (Å²) in [5.74, 6) is 0. The van der Waals surface area contributed by atoms with Crippen molar-refractivity contribution in [2.75, 3.05) is 0 Å². The summed E-state index contributed by atoms with van der Waals surface area (Å²) in [5.41, 5.74) is 5.42. The van der Waals surface area contributed by atoms with Gasteiger partial charge in [-0.2, -0.15) is 0 Å². The molecule has 2 aromatic carbocycles. The van der Waals surface area contributed by atoms with Gasteiger partial charge in [0.05, 0.1) is 5.65 Å².